The van der Waals surface area contributed by atoms with Crippen molar-refractivity contribution in [3.05, 3.63) is 0 Å². The van der Waals surface area contributed by atoms with Crippen molar-refractivity contribution in [3.8, 4) is 0 Å². The van der Waals surface area contributed by atoms with Crippen LogP contribution in [0.4, 0.5) is 0 Å². The summed E-state index contributed by atoms with van der Waals surface area (Å²) in [6, 6.07) is -2.13. The molecule has 5 atom stereocenters. The third-order valence-corrected chi connectivity index (χ3v) is 6.99. The highest BCUT2D eigenvalue weighted by molar-refractivity contribution is 6.38. The Morgan fingerprint density at radius 2 is 1.77 bits per heavy atom. The zero-order valence-electron chi connectivity index (χ0n) is 19.3. The fourth-order valence-electron chi connectivity index (χ4n) is 4.87. The van der Waals surface area contributed by atoms with Crippen molar-refractivity contribution in [2.45, 2.75) is 96.8 Å². The smallest absolute Gasteiger partial charge is 0.289 e. The van der Waals surface area contributed by atoms with Crippen LogP contribution >= 0.6 is 0 Å². The third kappa shape index (κ3) is 5.27. The molecule has 0 bridgehead atoms. The molecule has 8 heteroatoms. The minimum absolute atomic E-state index is 0.0776. The molecular formula is C23H38N4O4. The van der Waals surface area contributed by atoms with E-state index < -0.39 is 35.2 Å². The lowest BCUT2D eigenvalue weighted by atomic mass is 9.86. The van der Waals surface area contributed by atoms with Gasteiger partial charge in [0, 0.05) is 12.6 Å². The van der Waals surface area contributed by atoms with Crippen LogP contribution in [0.5, 0.6) is 0 Å². The van der Waals surface area contributed by atoms with E-state index in [1.165, 1.54) is 0 Å². The van der Waals surface area contributed by atoms with Crippen LogP contribution in [-0.4, -0.2) is 59.1 Å². The average molecular weight is 435 g/mol. The number of nitrogens with two attached hydrogens (primary N) is 1. The maximum atomic E-state index is 13.4. The van der Waals surface area contributed by atoms with Crippen LogP contribution in [0.1, 0.15) is 72.6 Å². The predicted octanol–water partition coefficient (Wildman–Crippen LogP) is 1.12. The maximum Gasteiger partial charge on any atom is 0.289 e. The minimum atomic E-state index is -0.870. The molecular weight excluding hydrogens is 396 g/mol. The van der Waals surface area contributed by atoms with Crippen LogP contribution in [0, 0.1) is 17.3 Å². The molecule has 0 radical (unpaired) electrons. The summed E-state index contributed by atoms with van der Waals surface area (Å²) in [6.45, 7) is 8.17. The topological polar surface area (TPSA) is 122 Å². The van der Waals surface area contributed by atoms with E-state index in [9.17, 15) is 19.2 Å². The number of ketones is 1. The van der Waals surface area contributed by atoms with E-state index in [0.29, 0.717) is 19.4 Å². The van der Waals surface area contributed by atoms with Gasteiger partial charge in [-0.25, -0.2) is 0 Å². The summed E-state index contributed by atoms with van der Waals surface area (Å²) in [4.78, 5) is 53.2. The summed E-state index contributed by atoms with van der Waals surface area (Å²) in [5.74, 6) is -1.43. The first kappa shape index (κ1) is 23.7. The summed E-state index contributed by atoms with van der Waals surface area (Å²) in [6.07, 6.45) is 5.73. The van der Waals surface area contributed by atoms with Crippen LogP contribution in [0.15, 0.2) is 0 Å². The molecule has 3 unspecified atom stereocenters. The molecule has 2 aliphatic carbocycles. The Bertz CT molecular complexity index is 728. The second-order valence-corrected chi connectivity index (χ2v) is 10.6. The highest BCUT2D eigenvalue weighted by atomic mass is 16.2. The SMILES string of the molecule is CCCC(NC(=O)[C@@H]1C2CCCC2CN1C(=O)[C@@H](N)C(C)(C)C)C(=O)C(=O)NC1CC1. The van der Waals surface area contributed by atoms with Crippen molar-refractivity contribution < 1.29 is 19.2 Å². The second kappa shape index (κ2) is 9.27. The van der Waals surface area contributed by atoms with Gasteiger partial charge in [-0.05, 0) is 49.4 Å². The van der Waals surface area contributed by atoms with Gasteiger partial charge >= 0.3 is 0 Å². The molecule has 174 valence electrons. The second-order valence-electron chi connectivity index (χ2n) is 10.6. The Hall–Kier alpha value is -1.96. The van der Waals surface area contributed by atoms with Gasteiger partial charge < -0.3 is 21.3 Å². The molecule has 1 aliphatic heterocycles. The number of carbonyl (C=O) groups is 4. The first-order valence-corrected chi connectivity index (χ1v) is 11.8. The molecule has 31 heavy (non-hydrogen) atoms. The predicted molar refractivity (Wildman–Crippen MR) is 117 cm³/mol. The fourth-order valence-corrected chi connectivity index (χ4v) is 4.87. The Balaban J connectivity index is 1.75. The normalized spacial score (nSPS) is 27.4. The van der Waals surface area contributed by atoms with E-state index in [-0.39, 0.29) is 29.7 Å². The molecule has 3 aliphatic rings. The van der Waals surface area contributed by atoms with E-state index in [1.54, 1.807) is 4.90 Å². The van der Waals surface area contributed by atoms with Gasteiger partial charge in [-0.15, -0.1) is 0 Å². The molecule has 3 amide bonds. The summed E-state index contributed by atoms with van der Waals surface area (Å²) in [5.41, 5.74) is 5.83. The minimum Gasteiger partial charge on any atom is -0.347 e. The van der Waals surface area contributed by atoms with Crippen molar-refractivity contribution in [2.24, 2.45) is 23.0 Å². The number of hydrogen-bond acceptors (Lipinski definition) is 5. The van der Waals surface area contributed by atoms with Crippen molar-refractivity contribution in [3.63, 3.8) is 0 Å². The summed E-state index contributed by atoms with van der Waals surface area (Å²) < 4.78 is 0. The number of fused-ring (bicyclic) bond motifs is 1. The Morgan fingerprint density at radius 3 is 2.35 bits per heavy atom. The van der Waals surface area contributed by atoms with E-state index in [0.717, 1.165) is 32.1 Å². The lowest BCUT2D eigenvalue weighted by Crippen LogP contribution is -2.58. The van der Waals surface area contributed by atoms with Crippen molar-refractivity contribution >= 4 is 23.5 Å². The van der Waals surface area contributed by atoms with Crippen molar-refractivity contribution in [1.82, 2.24) is 15.5 Å². The number of Topliss-reactive ketones (excluding diaryl/α,β-unsaturated/α-hetero) is 1. The van der Waals surface area contributed by atoms with Gasteiger partial charge in [0.05, 0.1) is 12.1 Å². The summed E-state index contributed by atoms with van der Waals surface area (Å²) in [5, 5.41) is 5.54. The first-order chi connectivity index (χ1) is 14.5. The van der Waals surface area contributed by atoms with Crippen molar-refractivity contribution in [2.75, 3.05) is 6.54 Å². The molecule has 4 N–H and O–H groups in total. The van der Waals surface area contributed by atoms with Gasteiger partial charge in [0.15, 0.2) is 0 Å². The standard InChI is InChI=1S/C23H38N4O4/c1-5-7-16(18(28)21(30)25-14-10-11-14)26-20(29)17-15-9-6-8-13(15)12-27(17)22(31)19(24)23(2,3)4/h13-17,19H,5-12,24H2,1-4H3,(H,25,30)(H,26,29)/t13?,15?,16?,17-,19+/m0/s1. The average Bonchev–Trinajstić information content (AvgIpc) is 3.26. The number of hydrogen-bond donors (Lipinski definition) is 3. The molecule has 3 fully saturated rings. The molecule has 8 nitrogen and oxygen atoms in total. The maximum absolute atomic E-state index is 13.4. The highest BCUT2D eigenvalue weighted by Gasteiger charge is 2.51. The van der Waals surface area contributed by atoms with E-state index in [2.05, 4.69) is 10.6 Å². The van der Waals surface area contributed by atoms with Gasteiger partial charge in [-0.1, -0.05) is 40.5 Å². The van der Waals surface area contributed by atoms with Crippen LogP contribution in [0.25, 0.3) is 0 Å². The summed E-state index contributed by atoms with van der Waals surface area (Å²) >= 11 is 0. The zero-order valence-corrected chi connectivity index (χ0v) is 19.3. The molecule has 2 saturated carbocycles. The lowest BCUT2D eigenvalue weighted by Gasteiger charge is -2.34. The number of carbonyl (C=O) groups excluding carboxylic acids is 4. The molecule has 0 aromatic heterocycles. The quantitative estimate of drug-likeness (QED) is 0.494. The number of rotatable bonds is 8. The molecule has 1 saturated heterocycles. The molecule has 0 aromatic carbocycles. The molecule has 3 rings (SSSR count). The Labute approximate surface area is 185 Å². The van der Waals surface area contributed by atoms with Gasteiger partial charge in [0.2, 0.25) is 17.6 Å². The van der Waals surface area contributed by atoms with Gasteiger partial charge in [-0.2, -0.15) is 0 Å². The monoisotopic (exact) mass is 434 g/mol. The van der Waals surface area contributed by atoms with E-state index in [4.69, 9.17) is 5.73 Å². The first-order valence-electron chi connectivity index (χ1n) is 11.8. The largest absolute Gasteiger partial charge is 0.347 e. The van der Waals surface area contributed by atoms with Gasteiger partial charge in [0.25, 0.3) is 5.91 Å². The number of nitrogens with one attached hydrogen (secondary N) is 2. The highest BCUT2D eigenvalue weighted by Crippen LogP contribution is 2.43. The number of nitrogens with zero attached hydrogens (tertiary/aromatic N) is 1. The van der Waals surface area contributed by atoms with Crippen LogP contribution in [0.3, 0.4) is 0 Å². The number of likely N-dealkylation sites (tertiary alicyclic amines) is 1. The zero-order chi connectivity index (χ0) is 22.9. The van der Waals surface area contributed by atoms with Crippen LogP contribution in [0.2, 0.25) is 0 Å². The van der Waals surface area contributed by atoms with Crippen molar-refractivity contribution in [1.29, 1.82) is 0 Å². The summed E-state index contributed by atoms with van der Waals surface area (Å²) in [7, 11) is 0. The third-order valence-electron chi connectivity index (χ3n) is 6.99. The van der Waals surface area contributed by atoms with Crippen LogP contribution < -0.4 is 16.4 Å². The van der Waals surface area contributed by atoms with Gasteiger partial charge in [0.1, 0.15) is 6.04 Å². The van der Waals surface area contributed by atoms with E-state index in [1.807, 2.05) is 27.7 Å². The Morgan fingerprint density at radius 1 is 1.10 bits per heavy atom. The number of amides is 3. The molecule has 1 heterocycles. The molecule has 0 aromatic rings. The Kier molecular flexibility index (Phi) is 7.08. The molecule has 0 spiro atoms. The lowest BCUT2D eigenvalue weighted by molar-refractivity contribution is -0.144. The van der Waals surface area contributed by atoms with Gasteiger partial charge in [-0.3, -0.25) is 19.2 Å². The fraction of sp³-hybridized carbons (Fsp3) is 0.826. The van der Waals surface area contributed by atoms with E-state index >= 15 is 0 Å². The van der Waals surface area contributed by atoms with Crippen LogP contribution in [-0.2, 0) is 19.2 Å².